The van der Waals surface area contributed by atoms with E-state index in [2.05, 4.69) is 29.9 Å². The third-order valence-corrected chi connectivity index (χ3v) is 4.82. The van der Waals surface area contributed by atoms with Crippen molar-refractivity contribution in [2.45, 2.75) is 83.7 Å². The maximum Gasteiger partial charge on any atom is 0.305 e. The molecule has 3 heteroatoms. The predicted molar refractivity (Wildman–Crippen MR) is 99.7 cm³/mol. The van der Waals surface area contributed by atoms with Gasteiger partial charge in [0, 0.05) is 6.42 Å². The fourth-order valence-corrected chi connectivity index (χ4v) is 3.07. The average Bonchev–Trinajstić information content (AvgIpc) is 3.32. The molecule has 1 N–H and O–H groups in total. The minimum atomic E-state index is -0.248. The van der Waals surface area contributed by atoms with Crippen LogP contribution in [0, 0.1) is 11.8 Å². The molecule has 3 atom stereocenters. The number of hydrogen-bond acceptors (Lipinski definition) is 3. The first-order valence-electron chi connectivity index (χ1n) is 9.73. The van der Waals surface area contributed by atoms with Crippen LogP contribution in [-0.4, -0.2) is 24.3 Å². The summed E-state index contributed by atoms with van der Waals surface area (Å²) in [7, 11) is 1.44. The number of carbonyl (C=O) groups is 1. The zero-order chi connectivity index (χ0) is 17.6. The van der Waals surface area contributed by atoms with Gasteiger partial charge in [-0.25, -0.2) is 0 Å². The van der Waals surface area contributed by atoms with Gasteiger partial charge in [-0.15, -0.1) is 0 Å². The number of unbranched alkanes of at least 4 members (excludes halogenated alkanes) is 3. The molecule has 1 aliphatic rings. The molecule has 138 valence electrons. The van der Waals surface area contributed by atoms with Gasteiger partial charge in [0.1, 0.15) is 0 Å². The molecule has 24 heavy (non-hydrogen) atoms. The maximum absolute atomic E-state index is 11.0. The number of carbonyl (C=O) groups excluding carboxylic acids is 1. The molecule has 0 aromatic rings. The van der Waals surface area contributed by atoms with Gasteiger partial charge in [0.25, 0.3) is 0 Å². The Morgan fingerprint density at radius 3 is 2.71 bits per heavy atom. The van der Waals surface area contributed by atoms with Crippen LogP contribution in [0.1, 0.15) is 77.6 Å². The Kier molecular flexibility index (Phi) is 11.5. The summed E-state index contributed by atoms with van der Waals surface area (Å²) in [6.45, 7) is 2.19. The van der Waals surface area contributed by atoms with Crippen LogP contribution in [0.2, 0.25) is 0 Å². The highest BCUT2D eigenvalue weighted by Crippen LogP contribution is 2.44. The molecule has 3 nitrogen and oxygen atoms in total. The van der Waals surface area contributed by atoms with Gasteiger partial charge in [-0.1, -0.05) is 50.5 Å². The lowest BCUT2D eigenvalue weighted by atomic mass is 10.1. The Morgan fingerprint density at radius 2 is 1.96 bits per heavy atom. The molecule has 0 unspecified atom stereocenters. The second-order valence-electron chi connectivity index (χ2n) is 7.00. The van der Waals surface area contributed by atoms with Crippen molar-refractivity contribution >= 4 is 5.97 Å². The molecule has 0 aliphatic heterocycles. The SMILES string of the molecule is CCCCC[C@H](O)/C=C/C[C@H]1C[C@@H]1CC/C=C\CCCC(=O)OC. The summed E-state index contributed by atoms with van der Waals surface area (Å²) >= 11 is 0. The Balaban J connectivity index is 1.96. The van der Waals surface area contributed by atoms with E-state index in [1.807, 2.05) is 6.08 Å². The smallest absolute Gasteiger partial charge is 0.305 e. The van der Waals surface area contributed by atoms with Crippen molar-refractivity contribution in [1.29, 1.82) is 0 Å². The Bertz CT molecular complexity index is 387. The highest BCUT2D eigenvalue weighted by Gasteiger charge is 2.34. The van der Waals surface area contributed by atoms with Crippen molar-refractivity contribution in [3.63, 3.8) is 0 Å². The molecular weight excluding hydrogens is 300 g/mol. The number of hydrogen-bond donors (Lipinski definition) is 1. The molecule has 0 heterocycles. The monoisotopic (exact) mass is 336 g/mol. The third-order valence-electron chi connectivity index (χ3n) is 4.82. The van der Waals surface area contributed by atoms with E-state index in [4.69, 9.17) is 0 Å². The van der Waals surface area contributed by atoms with Crippen molar-refractivity contribution in [3.05, 3.63) is 24.3 Å². The molecule has 0 spiro atoms. The lowest BCUT2D eigenvalue weighted by Gasteiger charge is -2.04. The Hall–Kier alpha value is -1.09. The van der Waals surface area contributed by atoms with Crippen molar-refractivity contribution in [2.24, 2.45) is 11.8 Å². The van der Waals surface area contributed by atoms with Gasteiger partial charge >= 0.3 is 5.97 Å². The van der Waals surface area contributed by atoms with Crippen LogP contribution in [0.15, 0.2) is 24.3 Å². The lowest BCUT2D eigenvalue weighted by molar-refractivity contribution is -0.140. The van der Waals surface area contributed by atoms with Gasteiger partial charge in [-0.05, 0) is 56.8 Å². The van der Waals surface area contributed by atoms with E-state index in [0.29, 0.717) is 6.42 Å². The maximum atomic E-state index is 11.0. The molecule has 0 radical (unpaired) electrons. The lowest BCUT2D eigenvalue weighted by Crippen LogP contribution is -2.01. The van der Waals surface area contributed by atoms with E-state index in [1.54, 1.807) is 0 Å². The number of methoxy groups -OCH3 is 1. The van der Waals surface area contributed by atoms with Crippen molar-refractivity contribution in [3.8, 4) is 0 Å². The number of rotatable bonds is 14. The van der Waals surface area contributed by atoms with Gasteiger partial charge in [0.15, 0.2) is 0 Å². The summed E-state index contributed by atoms with van der Waals surface area (Å²) in [5, 5.41) is 9.84. The van der Waals surface area contributed by atoms with Crippen molar-refractivity contribution in [2.75, 3.05) is 7.11 Å². The standard InChI is InChI=1S/C21H36O3/c1-3-4-8-14-20(22)15-11-13-19-17-18(19)12-9-6-5-7-10-16-21(23)24-2/h5-6,11,15,18-20,22H,3-4,7-10,12-14,16-17H2,1-2H3/b6-5-,15-11+/t18-,19-,20-/m0/s1. The van der Waals surface area contributed by atoms with E-state index in [1.165, 1.54) is 32.8 Å². The summed E-state index contributed by atoms with van der Waals surface area (Å²) in [6, 6.07) is 0. The summed E-state index contributed by atoms with van der Waals surface area (Å²) in [6.07, 6.45) is 20.0. The minimum absolute atomic E-state index is 0.118. The molecule has 0 saturated heterocycles. The van der Waals surface area contributed by atoms with Crippen LogP contribution in [0.3, 0.4) is 0 Å². The Labute approximate surface area is 148 Å². The highest BCUT2D eigenvalue weighted by atomic mass is 16.5. The summed E-state index contributed by atoms with van der Waals surface area (Å²) in [5.74, 6) is 1.58. The number of esters is 1. The van der Waals surface area contributed by atoms with Crippen molar-refractivity contribution in [1.82, 2.24) is 0 Å². The Morgan fingerprint density at radius 1 is 1.17 bits per heavy atom. The average molecular weight is 337 g/mol. The van der Waals surface area contributed by atoms with Gasteiger partial charge in [0.2, 0.25) is 0 Å². The van der Waals surface area contributed by atoms with Gasteiger partial charge < -0.3 is 9.84 Å². The molecule has 0 aromatic heterocycles. The van der Waals surface area contributed by atoms with E-state index < -0.39 is 0 Å². The van der Waals surface area contributed by atoms with E-state index >= 15 is 0 Å². The molecule has 1 aliphatic carbocycles. The first-order chi connectivity index (χ1) is 11.7. The van der Waals surface area contributed by atoms with Crippen LogP contribution >= 0.6 is 0 Å². The zero-order valence-corrected chi connectivity index (χ0v) is 15.6. The highest BCUT2D eigenvalue weighted by molar-refractivity contribution is 5.68. The predicted octanol–water partition coefficient (Wildman–Crippen LogP) is 5.19. The van der Waals surface area contributed by atoms with Crippen LogP contribution in [0.4, 0.5) is 0 Å². The molecule has 1 rings (SSSR count). The minimum Gasteiger partial charge on any atom is -0.469 e. The van der Waals surface area contributed by atoms with Crippen LogP contribution in [0.5, 0.6) is 0 Å². The molecular formula is C21H36O3. The van der Waals surface area contributed by atoms with Crippen molar-refractivity contribution < 1.29 is 14.6 Å². The third kappa shape index (κ3) is 10.6. The molecule has 0 bridgehead atoms. The largest absolute Gasteiger partial charge is 0.469 e. The van der Waals surface area contributed by atoms with E-state index in [9.17, 15) is 9.90 Å². The summed E-state index contributed by atoms with van der Waals surface area (Å²) < 4.78 is 4.62. The number of allylic oxidation sites excluding steroid dienone is 3. The number of aliphatic hydroxyl groups is 1. The molecule has 0 amide bonds. The first-order valence-corrected chi connectivity index (χ1v) is 9.73. The van der Waals surface area contributed by atoms with Gasteiger partial charge in [0.05, 0.1) is 13.2 Å². The fourth-order valence-electron chi connectivity index (χ4n) is 3.07. The summed E-state index contributed by atoms with van der Waals surface area (Å²) in [5.41, 5.74) is 0. The number of ether oxygens (including phenoxy) is 1. The van der Waals surface area contributed by atoms with Gasteiger partial charge in [-0.3, -0.25) is 4.79 Å². The van der Waals surface area contributed by atoms with Crippen LogP contribution in [-0.2, 0) is 9.53 Å². The molecule has 1 saturated carbocycles. The quantitative estimate of drug-likeness (QED) is 0.270. The second kappa shape index (κ2) is 13.2. The van der Waals surface area contributed by atoms with Crippen LogP contribution in [0.25, 0.3) is 0 Å². The van der Waals surface area contributed by atoms with Gasteiger partial charge in [-0.2, -0.15) is 0 Å². The second-order valence-corrected chi connectivity index (χ2v) is 7.00. The molecule has 0 aromatic carbocycles. The number of aliphatic hydroxyl groups excluding tert-OH is 1. The zero-order valence-electron chi connectivity index (χ0n) is 15.6. The van der Waals surface area contributed by atoms with Crippen LogP contribution < -0.4 is 0 Å². The fraction of sp³-hybridized carbons (Fsp3) is 0.762. The topological polar surface area (TPSA) is 46.5 Å². The summed E-state index contributed by atoms with van der Waals surface area (Å²) in [4.78, 5) is 11.0. The molecule has 1 fully saturated rings. The normalized spacial score (nSPS) is 21.5. The van der Waals surface area contributed by atoms with E-state index in [0.717, 1.165) is 50.4 Å². The first kappa shape index (κ1) is 21.0. The van der Waals surface area contributed by atoms with E-state index in [-0.39, 0.29) is 12.1 Å².